The number of nitrogens with two attached hydrogens (primary N) is 1. The van der Waals surface area contributed by atoms with Gasteiger partial charge in [0.2, 0.25) is 0 Å². The number of rotatable bonds is 5. The molecule has 0 fully saturated rings. The normalized spacial score (nSPS) is 10.5. The molecule has 0 radical (unpaired) electrons. The first-order valence-corrected chi connectivity index (χ1v) is 8.00. The summed E-state index contributed by atoms with van der Waals surface area (Å²) in [6.07, 6.45) is 4.54. The number of nitriles is 1. The third-order valence-electron chi connectivity index (χ3n) is 3.65. The zero-order chi connectivity index (χ0) is 18.7. The second-order valence-corrected chi connectivity index (χ2v) is 5.93. The number of benzene rings is 1. The van der Waals surface area contributed by atoms with Gasteiger partial charge in [0, 0.05) is 24.0 Å². The number of hydrogen-bond acceptors (Lipinski definition) is 5. The number of aromatic nitrogens is 3. The number of carbonyl (C=O) groups excluding carboxylic acids is 1. The van der Waals surface area contributed by atoms with Crippen LogP contribution in [0, 0.1) is 11.3 Å². The quantitative estimate of drug-likeness (QED) is 0.763. The summed E-state index contributed by atoms with van der Waals surface area (Å²) in [6.45, 7) is 3.92. The summed E-state index contributed by atoms with van der Waals surface area (Å²) in [5, 5.41) is 13.6. The second kappa shape index (κ2) is 7.07. The zero-order valence-corrected chi connectivity index (χ0v) is 14.4. The van der Waals surface area contributed by atoms with E-state index >= 15 is 0 Å². The Kier molecular flexibility index (Phi) is 4.67. The summed E-state index contributed by atoms with van der Waals surface area (Å²) < 4.78 is 7.04. The van der Waals surface area contributed by atoms with Crippen LogP contribution in [0.5, 0.6) is 5.75 Å². The molecule has 0 aliphatic rings. The maximum absolute atomic E-state index is 11.2. The summed E-state index contributed by atoms with van der Waals surface area (Å²) in [6, 6.07) is 11.3. The maximum Gasteiger partial charge on any atom is 0.251 e. The van der Waals surface area contributed by atoms with Gasteiger partial charge >= 0.3 is 0 Å². The molecule has 0 bridgehead atoms. The highest BCUT2D eigenvalue weighted by molar-refractivity contribution is 5.92. The van der Waals surface area contributed by atoms with Crippen molar-refractivity contribution in [1.82, 2.24) is 14.8 Å². The molecule has 0 aliphatic carbocycles. The van der Waals surface area contributed by atoms with Crippen molar-refractivity contribution in [3.63, 3.8) is 0 Å². The van der Waals surface area contributed by atoms with Gasteiger partial charge in [0.05, 0.1) is 29.5 Å². The molecule has 3 rings (SSSR count). The van der Waals surface area contributed by atoms with Crippen molar-refractivity contribution in [2.75, 3.05) is 0 Å². The largest absolute Gasteiger partial charge is 0.491 e. The van der Waals surface area contributed by atoms with Crippen LogP contribution in [0.15, 0.2) is 48.9 Å². The number of carbonyl (C=O) groups is 1. The number of pyridine rings is 1. The zero-order valence-electron chi connectivity index (χ0n) is 14.4. The van der Waals surface area contributed by atoms with Gasteiger partial charge in [-0.05, 0) is 31.5 Å². The van der Waals surface area contributed by atoms with Crippen LogP contribution in [0.1, 0.15) is 29.8 Å². The van der Waals surface area contributed by atoms with Gasteiger partial charge in [-0.1, -0.05) is 12.1 Å². The van der Waals surface area contributed by atoms with Gasteiger partial charge in [-0.2, -0.15) is 10.4 Å². The van der Waals surface area contributed by atoms with Crippen LogP contribution in [0.4, 0.5) is 0 Å². The molecule has 7 nitrogen and oxygen atoms in total. The minimum atomic E-state index is -0.572. The molecule has 7 heteroatoms. The maximum atomic E-state index is 11.2. The predicted molar refractivity (Wildman–Crippen MR) is 95.8 cm³/mol. The molecule has 0 saturated heterocycles. The molecule has 1 aromatic carbocycles. The van der Waals surface area contributed by atoms with Crippen molar-refractivity contribution in [1.29, 1.82) is 5.26 Å². The summed E-state index contributed by atoms with van der Waals surface area (Å²) in [4.78, 5) is 15.5. The highest BCUT2D eigenvalue weighted by Crippen LogP contribution is 2.26. The van der Waals surface area contributed by atoms with E-state index in [4.69, 9.17) is 10.5 Å². The number of hydrogen-bond donors (Lipinski definition) is 1. The lowest BCUT2D eigenvalue weighted by molar-refractivity contribution is 0.100. The van der Waals surface area contributed by atoms with Crippen molar-refractivity contribution in [3.8, 4) is 28.8 Å². The number of primary amides is 1. The fourth-order valence-corrected chi connectivity index (χ4v) is 2.45. The molecule has 0 unspecified atom stereocenters. The van der Waals surface area contributed by atoms with E-state index < -0.39 is 5.91 Å². The fraction of sp³-hybridized carbons (Fsp3) is 0.158. The second-order valence-electron chi connectivity index (χ2n) is 5.93. The highest BCUT2D eigenvalue weighted by Gasteiger charge is 2.11. The van der Waals surface area contributed by atoms with Crippen molar-refractivity contribution in [2.45, 2.75) is 20.0 Å². The molecule has 0 aliphatic heterocycles. The summed E-state index contributed by atoms with van der Waals surface area (Å²) >= 11 is 0. The van der Waals surface area contributed by atoms with E-state index in [2.05, 4.69) is 16.2 Å². The van der Waals surface area contributed by atoms with Gasteiger partial charge in [0.25, 0.3) is 5.91 Å². The Morgan fingerprint density at radius 1 is 1.27 bits per heavy atom. The average Bonchev–Trinajstić information content (AvgIpc) is 3.12. The summed E-state index contributed by atoms with van der Waals surface area (Å²) in [7, 11) is 0. The van der Waals surface area contributed by atoms with E-state index in [1.165, 1.54) is 17.1 Å². The third kappa shape index (κ3) is 3.54. The minimum Gasteiger partial charge on any atom is -0.491 e. The van der Waals surface area contributed by atoms with E-state index in [0.29, 0.717) is 16.9 Å². The third-order valence-corrected chi connectivity index (χ3v) is 3.65. The number of nitrogens with zero attached hydrogens (tertiary/aromatic N) is 4. The Morgan fingerprint density at radius 2 is 2.00 bits per heavy atom. The molecule has 1 amide bonds. The van der Waals surface area contributed by atoms with E-state index in [-0.39, 0.29) is 11.7 Å². The molecule has 3 aromatic rings. The van der Waals surface area contributed by atoms with Crippen molar-refractivity contribution < 1.29 is 9.53 Å². The van der Waals surface area contributed by atoms with Crippen LogP contribution in [0.3, 0.4) is 0 Å². The standard InChI is InChI=1S/C19H17N5O2/c1-12(2)26-16-5-3-13(4-6-16)17-10-22-18(7-14(17)8-20)24-11-15(9-23-24)19(21)25/h3-7,9-12H,1-2H3,(H2,21,25). The Balaban J connectivity index is 1.94. The lowest BCUT2D eigenvalue weighted by Crippen LogP contribution is -2.09. The first-order valence-electron chi connectivity index (χ1n) is 8.00. The van der Waals surface area contributed by atoms with Crippen LogP contribution < -0.4 is 10.5 Å². The van der Waals surface area contributed by atoms with E-state index in [0.717, 1.165) is 11.3 Å². The van der Waals surface area contributed by atoms with Gasteiger partial charge < -0.3 is 10.5 Å². The van der Waals surface area contributed by atoms with Gasteiger partial charge in [0.1, 0.15) is 5.75 Å². The number of amides is 1. The van der Waals surface area contributed by atoms with E-state index in [1.807, 2.05) is 38.1 Å². The molecule has 2 N–H and O–H groups in total. The van der Waals surface area contributed by atoms with Crippen LogP contribution in [-0.4, -0.2) is 26.8 Å². The van der Waals surface area contributed by atoms with Crippen molar-refractivity contribution in [3.05, 3.63) is 60.0 Å². The molecular weight excluding hydrogens is 330 g/mol. The van der Waals surface area contributed by atoms with Gasteiger partial charge in [-0.25, -0.2) is 9.67 Å². The lowest BCUT2D eigenvalue weighted by atomic mass is 10.0. The van der Waals surface area contributed by atoms with Crippen LogP contribution in [0.2, 0.25) is 0 Å². The topological polar surface area (TPSA) is 107 Å². The Labute approximate surface area is 150 Å². The molecule has 26 heavy (non-hydrogen) atoms. The molecule has 130 valence electrons. The smallest absolute Gasteiger partial charge is 0.251 e. The Morgan fingerprint density at radius 3 is 2.58 bits per heavy atom. The highest BCUT2D eigenvalue weighted by atomic mass is 16.5. The van der Waals surface area contributed by atoms with E-state index in [9.17, 15) is 10.1 Å². The Hall–Kier alpha value is -3.66. The Bertz CT molecular complexity index is 984. The molecule has 0 spiro atoms. The van der Waals surface area contributed by atoms with Gasteiger partial charge in [-0.15, -0.1) is 0 Å². The van der Waals surface area contributed by atoms with Crippen LogP contribution in [-0.2, 0) is 0 Å². The summed E-state index contributed by atoms with van der Waals surface area (Å²) in [5.41, 5.74) is 7.51. The molecule has 0 saturated carbocycles. The lowest BCUT2D eigenvalue weighted by Gasteiger charge is -2.11. The predicted octanol–water partition coefficient (Wildman–Crippen LogP) is 2.69. The fourth-order valence-electron chi connectivity index (χ4n) is 2.45. The SMILES string of the molecule is CC(C)Oc1ccc(-c2cnc(-n3cc(C(N)=O)cn3)cc2C#N)cc1. The van der Waals surface area contributed by atoms with E-state index in [1.54, 1.807) is 12.3 Å². The molecule has 2 heterocycles. The van der Waals surface area contributed by atoms with Gasteiger partial charge in [-0.3, -0.25) is 4.79 Å². The van der Waals surface area contributed by atoms with Crippen molar-refractivity contribution >= 4 is 5.91 Å². The molecule has 0 atom stereocenters. The average molecular weight is 347 g/mol. The molecule has 2 aromatic heterocycles. The van der Waals surface area contributed by atoms with Crippen LogP contribution >= 0.6 is 0 Å². The first-order chi connectivity index (χ1) is 12.5. The first kappa shape index (κ1) is 17.2. The minimum absolute atomic E-state index is 0.0934. The summed E-state index contributed by atoms with van der Waals surface area (Å²) in [5.74, 6) is 0.622. The molecular formula is C19H17N5O2. The van der Waals surface area contributed by atoms with Gasteiger partial charge in [0.15, 0.2) is 5.82 Å². The monoisotopic (exact) mass is 347 g/mol. The van der Waals surface area contributed by atoms with Crippen molar-refractivity contribution in [2.24, 2.45) is 5.73 Å². The number of ether oxygens (including phenoxy) is 1. The van der Waals surface area contributed by atoms with Crippen LogP contribution in [0.25, 0.3) is 16.9 Å².